The van der Waals surface area contributed by atoms with Crippen LogP contribution in [0.3, 0.4) is 0 Å². The molecule has 2 rings (SSSR count). The van der Waals surface area contributed by atoms with Crippen LogP contribution in [0.2, 0.25) is 0 Å². The Morgan fingerprint density at radius 3 is 2.20 bits per heavy atom. The molecule has 1 saturated carbocycles. The lowest BCUT2D eigenvalue weighted by Gasteiger charge is -2.15. The zero-order valence-corrected chi connectivity index (χ0v) is 11.0. The monoisotopic (exact) mass is 288 g/mol. The first kappa shape index (κ1) is 15.0. The van der Waals surface area contributed by atoms with Gasteiger partial charge in [0.25, 0.3) is 0 Å². The van der Waals surface area contributed by atoms with E-state index >= 15 is 0 Å². The van der Waals surface area contributed by atoms with Crippen molar-refractivity contribution >= 4 is 5.78 Å². The minimum atomic E-state index is -4.56. The highest BCUT2D eigenvalue weighted by atomic mass is 19.4. The third-order valence-electron chi connectivity index (χ3n) is 3.79. The average molecular weight is 288 g/mol. The van der Waals surface area contributed by atoms with Crippen LogP contribution in [0.5, 0.6) is 0 Å². The van der Waals surface area contributed by atoms with Crippen molar-refractivity contribution in [2.45, 2.75) is 44.7 Å². The number of ketones is 1. The van der Waals surface area contributed by atoms with Crippen LogP contribution in [-0.4, -0.2) is 5.78 Å². The summed E-state index contributed by atoms with van der Waals surface area (Å²) >= 11 is 0. The normalized spacial score (nSPS) is 17.8. The fourth-order valence-electron chi connectivity index (χ4n) is 2.65. The lowest BCUT2D eigenvalue weighted by atomic mass is 9.90. The van der Waals surface area contributed by atoms with Crippen LogP contribution in [0.25, 0.3) is 0 Å². The lowest BCUT2D eigenvalue weighted by molar-refractivity contribution is -0.137. The summed E-state index contributed by atoms with van der Waals surface area (Å²) in [5.74, 6) is -1.71. The van der Waals surface area contributed by atoms with E-state index in [4.69, 9.17) is 0 Å². The molecule has 0 amide bonds. The fourth-order valence-corrected chi connectivity index (χ4v) is 2.65. The van der Waals surface area contributed by atoms with Crippen molar-refractivity contribution in [2.24, 2.45) is 5.92 Å². The minimum absolute atomic E-state index is 0.351. The van der Waals surface area contributed by atoms with E-state index in [1.54, 1.807) is 0 Å². The second kappa shape index (κ2) is 5.94. The topological polar surface area (TPSA) is 17.1 Å². The van der Waals surface area contributed by atoms with Crippen LogP contribution in [0.15, 0.2) is 18.2 Å². The van der Waals surface area contributed by atoms with Crippen molar-refractivity contribution in [1.82, 2.24) is 0 Å². The molecular weight excluding hydrogens is 272 g/mol. The fraction of sp³-hybridized carbons (Fsp3) is 0.533. The summed E-state index contributed by atoms with van der Waals surface area (Å²) in [5.41, 5.74) is -1.40. The third kappa shape index (κ3) is 3.38. The molecule has 0 heterocycles. The molecule has 1 aliphatic carbocycles. The van der Waals surface area contributed by atoms with Crippen LogP contribution < -0.4 is 0 Å². The van der Waals surface area contributed by atoms with Gasteiger partial charge in [0, 0.05) is 5.92 Å². The van der Waals surface area contributed by atoms with Gasteiger partial charge in [0.15, 0.2) is 5.78 Å². The predicted octanol–water partition coefficient (Wildman–Crippen LogP) is 5.00. The van der Waals surface area contributed by atoms with Gasteiger partial charge in [-0.15, -0.1) is 0 Å². The minimum Gasteiger partial charge on any atom is -0.294 e. The Bertz CT molecular complexity index is 485. The standard InChI is InChI=1S/C15H16F4O/c16-13-8-7-11(15(17,18)19)9-12(13)14(20)10-5-3-1-2-4-6-10/h7-10H,1-6H2. The molecule has 0 N–H and O–H groups in total. The maximum Gasteiger partial charge on any atom is 0.416 e. The van der Waals surface area contributed by atoms with E-state index in [1.165, 1.54) is 0 Å². The first-order chi connectivity index (χ1) is 9.39. The second-order valence-corrected chi connectivity index (χ2v) is 5.25. The highest BCUT2D eigenvalue weighted by Gasteiger charge is 2.33. The number of carbonyl (C=O) groups excluding carboxylic acids is 1. The first-order valence-electron chi connectivity index (χ1n) is 6.80. The first-order valence-corrected chi connectivity index (χ1v) is 6.80. The highest BCUT2D eigenvalue weighted by molar-refractivity contribution is 5.98. The van der Waals surface area contributed by atoms with E-state index in [0.29, 0.717) is 25.0 Å². The quantitative estimate of drug-likeness (QED) is 0.425. The molecule has 1 aromatic carbocycles. The molecule has 1 aliphatic rings. The largest absolute Gasteiger partial charge is 0.416 e. The molecule has 0 radical (unpaired) electrons. The molecule has 110 valence electrons. The Kier molecular flexibility index (Phi) is 4.45. The number of benzene rings is 1. The van der Waals surface area contributed by atoms with Gasteiger partial charge in [0.2, 0.25) is 0 Å². The van der Waals surface area contributed by atoms with Crippen molar-refractivity contribution in [3.63, 3.8) is 0 Å². The van der Waals surface area contributed by atoms with Gasteiger partial charge < -0.3 is 0 Å². The second-order valence-electron chi connectivity index (χ2n) is 5.25. The molecule has 1 nitrogen and oxygen atoms in total. The molecule has 5 heteroatoms. The molecular formula is C15H16F4O. The number of carbonyl (C=O) groups is 1. The van der Waals surface area contributed by atoms with Crippen molar-refractivity contribution in [3.05, 3.63) is 35.1 Å². The van der Waals surface area contributed by atoms with Gasteiger partial charge in [0.1, 0.15) is 5.82 Å². The number of Topliss-reactive ketones (excluding diaryl/α,β-unsaturated/α-hetero) is 1. The van der Waals surface area contributed by atoms with E-state index < -0.39 is 28.9 Å². The Morgan fingerprint density at radius 1 is 1.05 bits per heavy atom. The molecule has 0 aromatic heterocycles. The van der Waals surface area contributed by atoms with Crippen molar-refractivity contribution in [2.75, 3.05) is 0 Å². The van der Waals surface area contributed by atoms with Gasteiger partial charge in [-0.3, -0.25) is 4.79 Å². The predicted molar refractivity (Wildman–Crippen MR) is 66.9 cm³/mol. The van der Waals surface area contributed by atoms with E-state index in [1.807, 2.05) is 0 Å². The summed E-state index contributed by atoms with van der Waals surface area (Å²) in [6.07, 6.45) is 0.493. The molecule has 0 saturated heterocycles. The van der Waals surface area contributed by atoms with Gasteiger partial charge in [0.05, 0.1) is 11.1 Å². The lowest BCUT2D eigenvalue weighted by Crippen LogP contribution is -2.17. The van der Waals surface area contributed by atoms with E-state index in [0.717, 1.165) is 31.7 Å². The maximum atomic E-state index is 13.7. The molecule has 1 aromatic rings. The SMILES string of the molecule is O=C(c1cc(C(F)(F)F)ccc1F)C1CCCCCC1. The van der Waals surface area contributed by atoms with Crippen molar-refractivity contribution < 1.29 is 22.4 Å². The number of hydrogen-bond acceptors (Lipinski definition) is 1. The van der Waals surface area contributed by atoms with Crippen molar-refractivity contribution in [1.29, 1.82) is 0 Å². The van der Waals surface area contributed by atoms with Crippen LogP contribution in [0.4, 0.5) is 17.6 Å². The maximum absolute atomic E-state index is 13.7. The molecule has 0 aliphatic heterocycles. The molecule has 0 unspecified atom stereocenters. The Morgan fingerprint density at radius 2 is 1.65 bits per heavy atom. The smallest absolute Gasteiger partial charge is 0.294 e. The summed E-state index contributed by atoms with van der Waals surface area (Å²) in [4.78, 5) is 12.2. The zero-order chi connectivity index (χ0) is 14.8. The zero-order valence-electron chi connectivity index (χ0n) is 11.0. The van der Waals surface area contributed by atoms with E-state index in [9.17, 15) is 22.4 Å². The third-order valence-corrected chi connectivity index (χ3v) is 3.79. The van der Waals surface area contributed by atoms with Gasteiger partial charge >= 0.3 is 6.18 Å². The highest BCUT2D eigenvalue weighted by Crippen LogP contribution is 2.32. The van der Waals surface area contributed by atoms with E-state index in [2.05, 4.69) is 0 Å². The molecule has 0 bridgehead atoms. The Hall–Kier alpha value is -1.39. The van der Waals surface area contributed by atoms with Crippen molar-refractivity contribution in [3.8, 4) is 0 Å². The van der Waals surface area contributed by atoms with Crippen LogP contribution >= 0.6 is 0 Å². The van der Waals surface area contributed by atoms with Gasteiger partial charge in [-0.05, 0) is 31.0 Å². The van der Waals surface area contributed by atoms with E-state index in [-0.39, 0.29) is 5.92 Å². The molecule has 0 atom stereocenters. The summed E-state index contributed by atoms with van der Waals surface area (Å²) in [6, 6.07) is 2.04. The Balaban J connectivity index is 2.28. The number of alkyl halides is 3. The van der Waals surface area contributed by atoms with Gasteiger partial charge in [-0.2, -0.15) is 13.2 Å². The summed E-state index contributed by atoms with van der Waals surface area (Å²) in [6.45, 7) is 0. The van der Waals surface area contributed by atoms with Crippen LogP contribution in [0.1, 0.15) is 54.4 Å². The summed E-state index contributed by atoms with van der Waals surface area (Å²) in [7, 11) is 0. The molecule has 0 spiro atoms. The van der Waals surface area contributed by atoms with Crippen LogP contribution in [0, 0.1) is 11.7 Å². The summed E-state index contributed by atoms with van der Waals surface area (Å²) in [5, 5.41) is 0. The average Bonchev–Trinajstić information content (AvgIpc) is 2.66. The number of hydrogen-bond donors (Lipinski definition) is 0. The molecule has 20 heavy (non-hydrogen) atoms. The van der Waals surface area contributed by atoms with Crippen LogP contribution in [-0.2, 0) is 6.18 Å². The number of rotatable bonds is 2. The Labute approximate surface area is 115 Å². The summed E-state index contributed by atoms with van der Waals surface area (Å²) < 4.78 is 51.6. The molecule has 1 fully saturated rings. The van der Waals surface area contributed by atoms with Gasteiger partial charge in [-0.25, -0.2) is 4.39 Å². The van der Waals surface area contributed by atoms with Gasteiger partial charge in [-0.1, -0.05) is 25.7 Å². The number of halogens is 4.